The van der Waals surface area contributed by atoms with Crippen molar-refractivity contribution in [1.82, 2.24) is 20.2 Å². The molecule has 172 valence electrons. The first-order chi connectivity index (χ1) is 15.8. The summed E-state index contributed by atoms with van der Waals surface area (Å²) in [5.74, 6) is -0.299. The fourth-order valence-electron chi connectivity index (χ4n) is 4.23. The second kappa shape index (κ2) is 9.05. The van der Waals surface area contributed by atoms with Crippen LogP contribution in [0.1, 0.15) is 62.4 Å². The van der Waals surface area contributed by atoms with Crippen molar-refractivity contribution >= 4 is 34.4 Å². The van der Waals surface area contributed by atoms with E-state index in [9.17, 15) is 14.4 Å². The molecule has 0 radical (unpaired) electrons. The van der Waals surface area contributed by atoms with Crippen LogP contribution in [0.2, 0.25) is 0 Å². The second-order valence-electron chi connectivity index (χ2n) is 8.98. The lowest BCUT2D eigenvalue weighted by molar-refractivity contribution is -0.126. The number of imidazole rings is 1. The maximum Gasteiger partial charge on any atom is 0.254 e. The lowest BCUT2D eigenvalue weighted by Crippen LogP contribution is -2.45. The average Bonchev–Trinajstić information content (AvgIpc) is 3.11. The fourth-order valence-corrected chi connectivity index (χ4v) is 4.23. The van der Waals surface area contributed by atoms with Crippen molar-refractivity contribution in [3.8, 4) is 0 Å². The quantitative estimate of drug-likeness (QED) is 0.537. The normalized spacial score (nSPS) is 16.8. The first-order valence-electron chi connectivity index (χ1n) is 11.2. The molecule has 1 aliphatic heterocycles. The number of hydrogen-bond acceptors (Lipinski definition) is 4. The van der Waals surface area contributed by atoms with Gasteiger partial charge in [-0.2, -0.15) is 0 Å². The molecular formula is C25H29N5O3. The second-order valence-corrected chi connectivity index (χ2v) is 8.98. The highest BCUT2D eigenvalue weighted by atomic mass is 16.2. The van der Waals surface area contributed by atoms with Crippen molar-refractivity contribution in [3.05, 3.63) is 59.9 Å². The summed E-state index contributed by atoms with van der Waals surface area (Å²) in [6.45, 7) is 8.21. The molecule has 3 amide bonds. The van der Waals surface area contributed by atoms with E-state index >= 15 is 0 Å². The Balaban J connectivity index is 1.56. The Kier molecular flexibility index (Phi) is 6.18. The zero-order valence-corrected chi connectivity index (χ0v) is 19.3. The van der Waals surface area contributed by atoms with E-state index in [2.05, 4.69) is 34.4 Å². The Morgan fingerprint density at radius 2 is 1.76 bits per heavy atom. The Morgan fingerprint density at radius 3 is 2.48 bits per heavy atom. The molecule has 8 heteroatoms. The van der Waals surface area contributed by atoms with Crippen LogP contribution in [0.15, 0.2) is 48.5 Å². The summed E-state index contributed by atoms with van der Waals surface area (Å²) >= 11 is 0. The maximum absolute atomic E-state index is 13.1. The van der Waals surface area contributed by atoms with Crippen LogP contribution in [0, 0.1) is 5.92 Å². The maximum atomic E-state index is 13.1. The molecule has 1 aliphatic rings. The van der Waals surface area contributed by atoms with E-state index in [1.54, 1.807) is 24.3 Å². The third-order valence-electron chi connectivity index (χ3n) is 5.84. The standard InChI is InChI=1S/C25H29N5O3/c1-14(2)22(23-26-18-11-7-8-12-20(18)30(23)15(3)4)29-21(31)13-19-25(33)27-17-10-6-5-9-16(17)24(32)28-19/h5-12,14-15,19,22H,13H2,1-4H3,(H,27,33)(H,28,32)(H,29,31). The molecule has 3 aromatic rings. The predicted octanol–water partition coefficient (Wildman–Crippen LogP) is 3.57. The molecule has 0 aliphatic carbocycles. The largest absolute Gasteiger partial charge is 0.346 e. The highest BCUT2D eigenvalue weighted by molar-refractivity contribution is 6.10. The van der Waals surface area contributed by atoms with Gasteiger partial charge in [-0.15, -0.1) is 0 Å². The average molecular weight is 448 g/mol. The van der Waals surface area contributed by atoms with Crippen LogP contribution in [-0.4, -0.2) is 33.3 Å². The summed E-state index contributed by atoms with van der Waals surface area (Å²) in [6.07, 6.45) is -0.170. The first kappa shape index (κ1) is 22.5. The molecule has 0 fully saturated rings. The van der Waals surface area contributed by atoms with Gasteiger partial charge in [0.2, 0.25) is 11.8 Å². The van der Waals surface area contributed by atoms with Crippen molar-refractivity contribution < 1.29 is 14.4 Å². The van der Waals surface area contributed by atoms with E-state index in [1.807, 2.05) is 38.1 Å². The number of nitrogens with one attached hydrogen (secondary N) is 3. The molecule has 1 aromatic heterocycles. The van der Waals surface area contributed by atoms with Gasteiger partial charge in [0.15, 0.2) is 0 Å². The summed E-state index contributed by atoms with van der Waals surface area (Å²) in [5.41, 5.74) is 2.69. The lowest BCUT2D eigenvalue weighted by Gasteiger charge is -2.25. The number of para-hydroxylation sites is 3. The molecule has 2 atom stereocenters. The Labute approximate surface area is 192 Å². The number of nitrogens with zero attached hydrogens (tertiary/aromatic N) is 2. The monoisotopic (exact) mass is 447 g/mol. The number of hydrogen-bond donors (Lipinski definition) is 3. The molecule has 0 spiro atoms. The molecule has 2 unspecified atom stereocenters. The van der Waals surface area contributed by atoms with Crippen molar-refractivity contribution in [2.45, 2.75) is 52.2 Å². The van der Waals surface area contributed by atoms with Gasteiger partial charge in [0.05, 0.1) is 34.7 Å². The van der Waals surface area contributed by atoms with E-state index in [0.717, 1.165) is 16.9 Å². The van der Waals surface area contributed by atoms with Gasteiger partial charge >= 0.3 is 0 Å². The molecule has 2 heterocycles. The molecule has 0 bridgehead atoms. The molecule has 8 nitrogen and oxygen atoms in total. The van der Waals surface area contributed by atoms with Crippen LogP contribution in [0.5, 0.6) is 0 Å². The molecular weight excluding hydrogens is 418 g/mol. The van der Waals surface area contributed by atoms with Crippen molar-refractivity contribution in [2.24, 2.45) is 5.92 Å². The third kappa shape index (κ3) is 4.46. The number of anilines is 1. The van der Waals surface area contributed by atoms with Gasteiger partial charge < -0.3 is 20.5 Å². The number of fused-ring (bicyclic) bond motifs is 2. The minimum absolute atomic E-state index is 0.0602. The zero-order valence-electron chi connectivity index (χ0n) is 19.3. The van der Waals surface area contributed by atoms with Crippen molar-refractivity contribution in [1.29, 1.82) is 0 Å². The first-order valence-corrected chi connectivity index (χ1v) is 11.2. The van der Waals surface area contributed by atoms with Gasteiger partial charge in [0, 0.05) is 6.04 Å². The minimum Gasteiger partial charge on any atom is -0.346 e. The molecule has 4 rings (SSSR count). The number of carbonyl (C=O) groups is 3. The molecule has 0 saturated carbocycles. The molecule has 3 N–H and O–H groups in total. The number of amides is 3. The van der Waals surface area contributed by atoms with E-state index in [1.165, 1.54) is 0 Å². The van der Waals surface area contributed by atoms with E-state index in [4.69, 9.17) is 4.98 Å². The number of benzene rings is 2. The molecule has 33 heavy (non-hydrogen) atoms. The predicted molar refractivity (Wildman–Crippen MR) is 127 cm³/mol. The molecule has 0 saturated heterocycles. The SMILES string of the molecule is CC(C)C(NC(=O)CC1NC(=O)c2ccccc2NC1=O)c1nc2ccccc2n1C(C)C. The van der Waals surface area contributed by atoms with Crippen LogP contribution >= 0.6 is 0 Å². The fraction of sp³-hybridized carbons (Fsp3) is 0.360. The summed E-state index contributed by atoms with van der Waals surface area (Å²) < 4.78 is 2.14. The summed E-state index contributed by atoms with van der Waals surface area (Å²) in [5, 5.41) is 8.48. The summed E-state index contributed by atoms with van der Waals surface area (Å²) in [6, 6.07) is 13.5. The van der Waals surface area contributed by atoms with Crippen LogP contribution in [0.25, 0.3) is 11.0 Å². The topological polar surface area (TPSA) is 105 Å². The Morgan fingerprint density at radius 1 is 1.06 bits per heavy atom. The summed E-state index contributed by atoms with van der Waals surface area (Å²) in [4.78, 5) is 43.1. The minimum atomic E-state index is -0.971. The van der Waals surface area contributed by atoms with Gasteiger partial charge in [-0.05, 0) is 44.0 Å². The number of carbonyl (C=O) groups excluding carboxylic acids is 3. The highest BCUT2D eigenvalue weighted by Crippen LogP contribution is 2.29. The Hall–Kier alpha value is -3.68. The smallest absolute Gasteiger partial charge is 0.254 e. The van der Waals surface area contributed by atoms with Gasteiger partial charge in [0.25, 0.3) is 5.91 Å². The van der Waals surface area contributed by atoms with E-state index < -0.39 is 11.9 Å². The van der Waals surface area contributed by atoms with Gasteiger partial charge in [0.1, 0.15) is 11.9 Å². The molecule has 2 aromatic carbocycles. The zero-order chi connectivity index (χ0) is 23.7. The van der Waals surface area contributed by atoms with Gasteiger partial charge in [-0.25, -0.2) is 4.98 Å². The summed E-state index contributed by atoms with van der Waals surface area (Å²) in [7, 11) is 0. The van der Waals surface area contributed by atoms with Gasteiger partial charge in [-0.1, -0.05) is 38.1 Å². The van der Waals surface area contributed by atoms with Crippen LogP contribution in [-0.2, 0) is 9.59 Å². The Bertz CT molecular complexity index is 1210. The van der Waals surface area contributed by atoms with E-state index in [-0.39, 0.29) is 36.2 Å². The number of rotatable bonds is 6. The number of aromatic nitrogens is 2. The van der Waals surface area contributed by atoms with E-state index in [0.29, 0.717) is 11.3 Å². The van der Waals surface area contributed by atoms with Gasteiger partial charge in [-0.3, -0.25) is 14.4 Å². The van der Waals surface area contributed by atoms with Crippen LogP contribution in [0.3, 0.4) is 0 Å². The van der Waals surface area contributed by atoms with Crippen LogP contribution < -0.4 is 16.0 Å². The van der Waals surface area contributed by atoms with Crippen molar-refractivity contribution in [2.75, 3.05) is 5.32 Å². The highest BCUT2D eigenvalue weighted by Gasteiger charge is 2.31. The van der Waals surface area contributed by atoms with Crippen LogP contribution in [0.4, 0.5) is 5.69 Å². The lowest BCUT2D eigenvalue weighted by atomic mass is 10.0. The third-order valence-corrected chi connectivity index (χ3v) is 5.84. The van der Waals surface area contributed by atoms with Crippen molar-refractivity contribution in [3.63, 3.8) is 0 Å².